The van der Waals surface area contributed by atoms with Crippen LogP contribution in [0.25, 0.3) is 0 Å². The molecule has 0 aromatic rings. The van der Waals surface area contributed by atoms with Crippen LogP contribution in [0.4, 0.5) is 0 Å². The summed E-state index contributed by atoms with van der Waals surface area (Å²) in [6.45, 7) is 0. The summed E-state index contributed by atoms with van der Waals surface area (Å²) < 4.78 is 0. The highest BCUT2D eigenvalue weighted by Gasteiger charge is 2.38. The second kappa shape index (κ2) is 1.13. The lowest BCUT2D eigenvalue weighted by Gasteiger charge is -2.30. The SMILES string of the molecule is O=C1N[C@H]2CC=C[C@@H]12. The molecule has 0 unspecified atom stereocenters. The van der Waals surface area contributed by atoms with Gasteiger partial charge in [0.25, 0.3) is 0 Å². The van der Waals surface area contributed by atoms with Crippen LogP contribution in [0.5, 0.6) is 0 Å². The summed E-state index contributed by atoms with van der Waals surface area (Å²) in [6.07, 6.45) is 5.09. The first-order valence-corrected chi connectivity index (χ1v) is 2.85. The van der Waals surface area contributed by atoms with Gasteiger partial charge in [0.2, 0.25) is 5.91 Å². The van der Waals surface area contributed by atoms with Crippen LogP contribution in [0.1, 0.15) is 6.42 Å². The Hall–Kier alpha value is -0.790. The maximum absolute atomic E-state index is 10.5. The van der Waals surface area contributed by atoms with Crippen molar-refractivity contribution in [3.63, 3.8) is 0 Å². The zero-order chi connectivity index (χ0) is 5.56. The van der Waals surface area contributed by atoms with Crippen LogP contribution >= 0.6 is 0 Å². The molecule has 1 heterocycles. The molecule has 1 aliphatic carbocycles. The molecule has 2 heteroatoms. The first-order chi connectivity index (χ1) is 3.88. The molecule has 1 N–H and O–H groups in total. The van der Waals surface area contributed by atoms with Gasteiger partial charge in [-0.1, -0.05) is 12.2 Å². The Morgan fingerprint density at radius 3 is 3.12 bits per heavy atom. The van der Waals surface area contributed by atoms with Crippen LogP contribution in [-0.4, -0.2) is 11.9 Å². The summed E-state index contributed by atoms with van der Waals surface area (Å²) >= 11 is 0. The Morgan fingerprint density at radius 1 is 1.75 bits per heavy atom. The molecule has 0 bridgehead atoms. The predicted molar refractivity (Wildman–Crippen MR) is 29.2 cm³/mol. The maximum atomic E-state index is 10.5. The Kier molecular flexibility index (Phi) is 0.583. The number of carbonyl (C=O) groups excluding carboxylic acids is 1. The molecule has 0 saturated carbocycles. The van der Waals surface area contributed by atoms with Gasteiger partial charge in [0.15, 0.2) is 0 Å². The van der Waals surface area contributed by atoms with Crippen molar-refractivity contribution in [3.8, 4) is 0 Å². The van der Waals surface area contributed by atoms with Gasteiger partial charge in [0.1, 0.15) is 0 Å². The van der Waals surface area contributed by atoms with Gasteiger partial charge in [-0.05, 0) is 6.42 Å². The average Bonchev–Trinajstić information content (AvgIpc) is 2.09. The van der Waals surface area contributed by atoms with E-state index in [4.69, 9.17) is 0 Å². The molecule has 1 saturated heterocycles. The van der Waals surface area contributed by atoms with Crippen molar-refractivity contribution >= 4 is 5.91 Å². The van der Waals surface area contributed by atoms with E-state index in [1.807, 2.05) is 6.08 Å². The molecular formula is C6H7NO. The van der Waals surface area contributed by atoms with E-state index in [0.717, 1.165) is 6.42 Å². The summed E-state index contributed by atoms with van der Waals surface area (Å²) in [5.74, 6) is 0.429. The molecule has 2 atom stereocenters. The number of nitrogens with one attached hydrogen (secondary N) is 1. The van der Waals surface area contributed by atoms with Gasteiger partial charge in [0, 0.05) is 6.04 Å². The predicted octanol–water partition coefficient (Wildman–Crippen LogP) is 0.0609. The van der Waals surface area contributed by atoms with Gasteiger partial charge in [-0.3, -0.25) is 4.79 Å². The Morgan fingerprint density at radius 2 is 2.62 bits per heavy atom. The standard InChI is InChI=1S/C6H7NO/c8-6-4-2-1-3-5(4)7-6/h1-2,4-5H,3H2,(H,7,8)/t4-,5+/m1/s1. The van der Waals surface area contributed by atoms with Crippen LogP contribution in [0.3, 0.4) is 0 Å². The fraction of sp³-hybridized carbons (Fsp3) is 0.500. The van der Waals surface area contributed by atoms with E-state index in [1.165, 1.54) is 0 Å². The van der Waals surface area contributed by atoms with E-state index in [2.05, 4.69) is 11.4 Å². The topological polar surface area (TPSA) is 29.1 Å². The summed E-state index contributed by atoms with van der Waals surface area (Å²) in [6, 6.07) is 0.461. The fourth-order valence-electron chi connectivity index (χ4n) is 1.25. The normalized spacial score (nSPS) is 40.8. The minimum atomic E-state index is 0.198. The van der Waals surface area contributed by atoms with Gasteiger partial charge in [-0.25, -0.2) is 0 Å². The van der Waals surface area contributed by atoms with Crippen LogP contribution in [0.2, 0.25) is 0 Å². The number of carbonyl (C=O) groups is 1. The third kappa shape index (κ3) is 0.312. The summed E-state index contributed by atoms with van der Waals surface area (Å²) in [4.78, 5) is 10.5. The zero-order valence-electron chi connectivity index (χ0n) is 4.42. The molecule has 1 fully saturated rings. The first kappa shape index (κ1) is 4.13. The molecule has 0 aromatic heterocycles. The van der Waals surface area contributed by atoms with E-state index in [-0.39, 0.29) is 11.8 Å². The molecule has 2 nitrogen and oxygen atoms in total. The molecule has 0 spiro atoms. The van der Waals surface area contributed by atoms with Gasteiger partial charge >= 0.3 is 0 Å². The van der Waals surface area contributed by atoms with Gasteiger partial charge in [0.05, 0.1) is 5.92 Å². The Labute approximate surface area is 47.6 Å². The molecular weight excluding hydrogens is 102 g/mol. The summed E-state index contributed by atoms with van der Waals surface area (Å²) in [5, 5.41) is 2.80. The van der Waals surface area contributed by atoms with Crippen LogP contribution in [0.15, 0.2) is 12.2 Å². The molecule has 1 aliphatic heterocycles. The summed E-state index contributed by atoms with van der Waals surface area (Å²) in [7, 11) is 0. The summed E-state index contributed by atoms with van der Waals surface area (Å²) in [5.41, 5.74) is 0. The van der Waals surface area contributed by atoms with Crippen LogP contribution in [-0.2, 0) is 4.79 Å². The molecule has 2 rings (SSSR count). The number of hydrogen-bond acceptors (Lipinski definition) is 1. The zero-order valence-corrected chi connectivity index (χ0v) is 4.42. The highest BCUT2D eigenvalue weighted by Crippen LogP contribution is 2.25. The van der Waals surface area contributed by atoms with Crippen molar-refractivity contribution in [2.24, 2.45) is 5.92 Å². The second-order valence-corrected chi connectivity index (χ2v) is 2.30. The van der Waals surface area contributed by atoms with Crippen molar-refractivity contribution in [2.45, 2.75) is 12.5 Å². The van der Waals surface area contributed by atoms with E-state index < -0.39 is 0 Å². The highest BCUT2D eigenvalue weighted by molar-refractivity contribution is 5.88. The molecule has 0 radical (unpaired) electrons. The minimum absolute atomic E-state index is 0.198. The van der Waals surface area contributed by atoms with E-state index in [1.54, 1.807) is 0 Å². The number of amides is 1. The number of fused-ring (bicyclic) bond motifs is 1. The minimum Gasteiger partial charge on any atom is -0.351 e. The molecule has 42 valence electrons. The van der Waals surface area contributed by atoms with Crippen molar-refractivity contribution in [3.05, 3.63) is 12.2 Å². The van der Waals surface area contributed by atoms with E-state index in [9.17, 15) is 4.79 Å². The van der Waals surface area contributed by atoms with Gasteiger partial charge in [-0.2, -0.15) is 0 Å². The third-order valence-electron chi connectivity index (χ3n) is 1.80. The van der Waals surface area contributed by atoms with Crippen molar-refractivity contribution in [2.75, 3.05) is 0 Å². The fourth-order valence-corrected chi connectivity index (χ4v) is 1.25. The quantitative estimate of drug-likeness (QED) is 0.346. The number of rotatable bonds is 0. The molecule has 8 heavy (non-hydrogen) atoms. The van der Waals surface area contributed by atoms with E-state index in [0.29, 0.717) is 6.04 Å². The molecule has 2 aliphatic rings. The Bertz CT molecular complexity index is 162. The van der Waals surface area contributed by atoms with Gasteiger partial charge in [-0.15, -0.1) is 0 Å². The smallest absolute Gasteiger partial charge is 0.229 e. The first-order valence-electron chi connectivity index (χ1n) is 2.85. The van der Waals surface area contributed by atoms with Gasteiger partial charge < -0.3 is 5.32 Å². The monoisotopic (exact) mass is 109 g/mol. The Balaban J connectivity index is 2.21. The lowest BCUT2D eigenvalue weighted by molar-refractivity contribution is -0.131. The van der Waals surface area contributed by atoms with Crippen LogP contribution in [0, 0.1) is 5.92 Å². The molecule has 0 aromatic carbocycles. The van der Waals surface area contributed by atoms with Crippen molar-refractivity contribution in [1.29, 1.82) is 0 Å². The maximum Gasteiger partial charge on any atom is 0.229 e. The lowest BCUT2D eigenvalue weighted by Crippen LogP contribution is -2.54. The van der Waals surface area contributed by atoms with E-state index >= 15 is 0 Å². The lowest BCUT2D eigenvalue weighted by atomic mass is 9.95. The van der Waals surface area contributed by atoms with Crippen molar-refractivity contribution in [1.82, 2.24) is 5.32 Å². The highest BCUT2D eigenvalue weighted by atomic mass is 16.2. The number of hydrogen-bond donors (Lipinski definition) is 1. The number of β-lactam (4-membered cyclic amide) rings is 1. The second-order valence-electron chi connectivity index (χ2n) is 2.30. The molecule has 1 amide bonds. The average molecular weight is 109 g/mol. The largest absolute Gasteiger partial charge is 0.351 e. The van der Waals surface area contributed by atoms with Crippen LogP contribution < -0.4 is 5.32 Å². The van der Waals surface area contributed by atoms with Crippen molar-refractivity contribution < 1.29 is 4.79 Å². The third-order valence-corrected chi connectivity index (χ3v) is 1.80.